The Hall–Kier alpha value is -2.17. The van der Waals surface area contributed by atoms with Gasteiger partial charge in [0.25, 0.3) is 5.91 Å². The van der Waals surface area contributed by atoms with Gasteiger partial charge in [0.05, 0.1) is 0 Å². The molecule has 1 amide bonds. The molecule has 1 unspecified atom stereocenters. The Kier molecular flexibility index (Phi) is 3.96. The summed E-state index contributed by atoms with van der Waals surface area (Å²) >= 11 is 0. The van der Waals surface area contributed by atoms with Crippen molar-refractivity contribution >= 4 is 5.91 Å². The summed E-state index contributed by atoms with van der Waals surface area (Å²) < 4.78 is 0. The van der Waals surface area contributed by atoms with Crippen LogP contribution in [0.1, 0.15) is 27.9 Å². The van der Waals surface area contributed by atoms with Gasteiger partial charge in [-0.2, -0.15) is 0 Å². The highest BCUT2D eigenvalue weighted by Gasteiger charge is 2.47. The molecular weight excluding hydrogens is 278 g/mol. The fourth-order valence-corrected chi connectivity index (χ4v) is 3.06. The number of carbonyl (C=O) groups excluding carboxylic acids is 1. The number of aliphatic hydroxyl groups excluding tert-OH is 1. The van der Waals surface area contributed by atoms with E-state index in [2.05, 4.69) is 0 Å². The molecular formula is C18H19NO3. The summed E-state index contributed by atoms with van der Waals surface area (Å²) in [7, 11) is 0. The molecule has 1 atom stereocenters. The zero-order valence-corrected chi connectivity index (χ0v) is 12.3. The second-order valence-electron chi connectivity index (χ2n) is 5.56. The average Bonchev–Trinajstić information content (AvgIpc) is 2.75. The van der Waals surface area contributed by atoms with Crippen molar-refractivity contribution < 1.29 is 15.0 Å². The largest absolute Gasteiger partial charge is 0.396 e. The minimum Gasteiger partial charge on any atom is -0.396 e. The van der Waals surface area contributed by atoms with Crippen LogP contribution in [-0.4, -0.2) is 34.2 Å². The van der Waals surface area contributed by atoms with Crippen molar-refractivity contribution in [2.24, 2.45) is 0 Å². The third-order valence-electron chi connectivity index (χ3n) is 4.11. The Morgan fingerprint density at radius 1 is 1.00 bits per heavy atom. The monoisotopic (exact) mass is 297 g/mol. The van der Waals surface area contributed by atoms with E-state index in [4.69, 9.17) is 5.11 Å². The molecule has 0 aromatic heterocycles. The second kappa shape index (κ2) is 5.91. The number of rotatable bonds is 5. The first-order valence-electron chi connectivity index (χ1n) is 7.45. The minimum atomic E-state index is -1.36. The molecule has 0 fully saturated rings. The Balaban J connectivity index is 2.01. The predicted molar refractivity (Wildman–Crippen MR) is 83.2 cm³/mol. The summed E-state index contributed by atoms with van der Waals surface area (Å²) in [5.41, 5.74) is 0.786. The molecule has 0 saturated heterocycles. The SMILES string of the molecule is O=C1c2ccccc2C(O)(Cc2ccccc2)N1CCCO. The maximum atomic E-state index is 12.6. The highest BCUT2D eigenvalue weighted by molar-refractivity contribution is 5.99. The van der Waals surface area contributed by atoms with Crippen LogP contribution in [0.4, 0.5) is 0 Å². The highest BCUT2D eigenvalue weighted by atomic mass is 16.3. The molecule has 2 N–H and O–H groups in total. The van der Waals surface area contributed by atoms with Crippen LogP contribution in [0.3, 0.4) is 0 Å². The number of hydrogen-bond acceptors (Lipinski definition) is 3. The first-order valence-corrected chi connectivity index (χ1v) is 7.45. The molecule has 1 aliphatic heterocycles. The van der Waals surface area contributed by atoms with Gasteiger partial charge in [0, 0.05) is 30.7 Å². The molecule has 2 aromatic carbocycles. The Morgan fingerprint density at radius 2 is 1.68 bits per heavy atom. The fraction of sp³-hybridized carbons (Fsp3) is 0.278. The Labute approximate surface area is 129 Å². The van der Waals surface area contributed by atoms with Gasteiger partial charge in [-0.1, -0.05) is 48.5 Å². The summed E-state index contributed by atoms with van der Waals surface area (Å²) in [4.78, 5) is 14.1. The third kappa shape index (κ3) is 2.40. The van der Waals surface area contributed by atoms with Gasteiger partial charge in [-0.3, -0.25) is 4.79 Å². The van der Waals surface area contributed by atoms with E-state index in [9.17, 15) is 9.90 Å². The van der Waals surface area contributed by atoms with E-state index in [1.807, 2.05) is 36.4 Å². The maximum absolute atomic E-state index is 12.6. The molecule has 4 nitrogen and oxygen atoms in total. The number of benzene rings is 2. The van der Waals surface area contributed by atoms with Crippen molar-refractivity contribution in [1.82, 2.24) is 4.90 Å². The standard InChI is InChI=1S/C18H19NO3/c20-12-6-11-19-17(21)15-9-4-5-10-16(15)18(19,22)13-14-7-2-1-3-8-14/h1-5,7-10,20,22H,6,11-13H2. The van der Waals surface area contributed by atoms with Crippen LogP contribution in [0.2, 0.25) is 0 Å². The van der Waals surface area contributed by atoms with E-state index >= 15 is 0 Å². The molecule has 3 rings (SSSR count). The van der Waals surface area contributed by atoms with E-state index in [0.717, 1.165) is 5.56 Å². The van der Waals surface area contributed by atoms with Gasteiger partial charge in [-0.05, 0) is 18.1 Å². The topological polar surface area (TPSA) is 60.8 Å². The fourth-order valence-electron chi connectivity index (χ4n) is 3.06. The third-order valence-corrected chi connectivity index (χ3v) is 4.11. The lowest BCUT2D eigenvalue weighted by Gasteiger charge is -2.34. The van der Waals surface area contributed by atoms with E-state index in [0.29, 0.717) is 30.5 Å². The molecule has 0 saturated carbocycles. The minimum absolute atomic E-state index is 0.0124. The van der Waals surface area contributed by atoms with Crippen molar-refractivity contribution in [3.63, 3.8) is 0 Å². The zero-order valence-electron chi connectivity index (χ0n) is 12.3. The van der Waals surface area contributed by atoms with E-state index < -0.39 is 5.72 Å². The van der Waals surface area contributed by atoms with E-state index in [1.54, 1.807) is 18.2 Å². The number of hydrogen-bond donors (Lipinski definition) is 2. The van der Waals surface area contributed by atoms with Gasteiger partial charge < -0.3 is 15.1 Å². The summed E-state index contributed by atoms with van der Waals surface area (Å²) in [6.45, 7) is 0.314. The molecule has 2 aromatic rings. The number of nitrogens with zero attached hydrogens (tertiary/aromatic N) is 1. The smallest absolute Gasteiger partial charge is 0.256 e. The Morgan fingerprint density at radius 3 is 2.41 bits per heavy atom. The average molecular weight is 297 g/mol. The van der Waals surface area contributed by atoms with Crippen LogP contribution in [0.25, 0.3) is 0 Å². The predicted octanol–water partition coefficient (Wildman–Crippen LogP) is 1.91. The van der Waals surface area contributed by atoms with Gasteiger partial charge in [0.1, 0.15) is 0 Å². The van der Waals surface area contributed by atoms with Gasteiger partial charge in [0.15, 0.2) is 5.72 Å². The Bertz CT molecular complexity index is 671. The van der Waals surface area contributed by atoms with Gasteiger partial charge in [-0.15, -0.1) is 0 Å². The van der Waals surface area contributed by atoms with Gasteiger partial charge >= 0.3 is 0 Å². The van der Waals surface area contributed by atoms with Gasteiger partial charge in [-0.25, -0.2) is 0 Å². The summed E-state index contributed by atoms with van der Waals surface area (Å²) in [5.74, 6) is -0.178. The molecule has 0 aliphatic carbocycles. The number of fused-ring (bicyclic) bond motifs is 1. The number of carbonyl (C=O) groups is 1. The lowest BCUT2D eigenvalue weighted by atomic mass is 9.94. The lowest BCUT2D eigenvalue weighted by molar-refractivity contribution is -0.0848. The van der Waals surface area contributed by atoms with Crippen molar-refractivity contribution in [2.75, 3.05) is 13.2 Å². The molecule has 1 heterocycles. The first kappa shape index (κ1) is 14.8. The summed E-state index contributed by atoms with van der Waals surface area (Å²) in [5, 5.41) is 20.3. The lowest BCUT2D eigenvalue weighted by Crippen LogP contribution is -2.46. The van der Waals surface area contributed by atoms with Gasteiger partial charge in [0.2, 0.25) is 0 Å². The van der Waals surface area contributed by atoms with Crippen LogP contribution < -0.4 is 0 Å². The van der Waals surface area contributed by atoms with Crippen molar-refractivity contribution in [1.29, 1.82) is 0 Å². The molecule has 22 heavy (non-hydrogen) atoms. The first-order chi connectivity index (χ1) is 10.7. The van der Waals surface area contributed by atoms with Crippen LogP contribution in [0.5, 0.6) is 0 Å². The molecule has 1 aliphatic rings. The van der Waals surface area contributed by atoms with Crippen LogP contribution >= 0.6 is 0 Å². The summed E-state index contributed by atoms with van der Waals surface area (Å²) in [6.07, 6.45) is 0.777. The molecule has 4 heteroatoms. The maximum Gasteiger partial charge on any atom is 0.256 e. The second-order valence-corrected chi connectivity index (χ2v) is 5.56. The molecule has 0 radical (unpaired) electrons. The highest BCUT2D eigenvalue weighted by Crippen LogP contribution is 2.39. The summed E-state index contributed by atoms with van der Waals surface area (Å²) in [6, 6.07) is 16.8. The van der Waals surface area contributed by atoms with Crippen LogP contribution in [0.15, 0.2) is 54.6 Å². The van der Waals surface area contributed by atoms with Crippen molar-refractivity contribution in [3.05, 3.63) is 71.3 Å². The van der Waals surface area contributed by atoms with E-state index in [-0.39, 0.29) is 12.5 Å². The number of aliphatic hydroxyl groups is 2. The van der Waals surface area contributed by atoms with Crippen LogP contribution in [0, 0.1) is 0 Å². The van der Waals surface area contributed by atoms with Crippen molar-refractivity contribution in [3.8, 4) is 0 Å². The zero-order chi connectivity index (χ0) is 15.6. The van der Waals surface area contributed by atoms with E-state index in [1.165, 1.54) is 4.90 Å². The van der Waals surface area contributed by atoms with Crippen molar-refractivity contribution in [2.45, 2.75) is 18.6 Å². The van der Waals surface area contributed by atoms with Crippen LogP contribution in [-0.2, 0) is 12.1 Å². The molecule has 114 valence electrons. The molecule has 0 spiro atoms. The molecule has 0 bridgehead atoms. The normalized spacial score (nSPS) is 20.3. The quantitative estimate of drug-likeness (QED) is 0.886. The number of amides is 1.